The van der Waals surface area contributed by atoms with E-state index in [1.165, 1.54) is 5.56 Å². The lowest BCUT2D eigenvalue weighted by molar-refractivity contribution is 0.137. The van der Waals surface area contributed by atoms with Crippen LogP contribution in [0.25, 0.3) is 0 Å². The highest BCUT2D eigenvalue weighted by molar-refractivity contribution is 6.31. The number of ether oxygens (including phenoxy) is 1. The second-order valence-electron chi connectivity index (χ2n) is 3.84. The Morgan fingerprint density at radius 3 is 2.75 bits per heavy atom. The molecule has 0 radical (unpaired) electrons. The number of hydrogen-bond acceptors (Lipinski definition) is 2. The smallest absolute Gasteiger partial charge is 0.0484 e. The van der Waals surface area contributed by atoms with E-state index in [-0.39, 0.29) is 0 Å². The summed E-state index contributed by atoms with van der Waals surface area (Å²) in [5.41, 5.74) is 2.34. The molecular weight excluding hydrogens is 222 g/mol. The van der Waals surface area contributed by atoms with Crippen molar-refractivity contribution in [1.29, 1.82) is 0 Å². The first-order valence-corrected chi connectivity index (χ1v) is 6.08. The summed E-state index contributed by atoms with van der Waals surface area (Å²) < 4.78 is 5.37. The van der Waals surface area contributed by atoms with Crippen LogP contribution in [0.1, 0.15) is 30.5 Å². The van der Waals surface area contributed by atoms with Crippen molar-refractivity contribution >= 4 is 11.6 Å². The molecule has 0 aliphatic rings. The SMILES string of the molecule is CCOCCC(NC)c1ccc(C)c(Cl)c1. The Labute approximate surface area is 103 Å². The molecule has 0 aromatic heterocycles. The summed E-state index contributed by atoms with van der Waals surface area (Å²) in [6.45, 7) is 5.57. The Morgan fingerprint density at radius 1 is 1.44 bits per heavy atom. The fourth-order valence-corrected chi connectivity index (χ4v) is 1.84. The quantitative estimate of drug-likeness (QED) is 0.772. The van der Waals surface area contributed by atoms with Gasteiger partial charge in [-0.15, -0.1) is 0 Å². The number of rotatable bonds is 6. The number of nitrogens with one attached hydrogen (secondary N) is 1. The summed E-state index contributed by atoms with van der Waals surface area (Å²) in [6, 6.07) is 6.52. The zero-order chi connectivity index (χ0) is 12.0. The van der Waals surface area contributed by atoms with Crippen molar-refractivity contribution in [2.75, 3.05) is 20.3 Å². The first-order chi connectivity index (χ1) is 7.69. The van der Waals surface area contributed by atoms with Gasteiger partial charge in [0, 0.05) is 24.3 Å². The first kappa shape index (κ1) is 13.5. The maximum absolute atomic E-state index is 6.12. The van der Waals surface area contributed by atoms with Crippen LogP contribution in [-0.2, 0) is 4.74 Å². The Hall–Kier alpha value is -0.570. The highest BCUT2D eigenvalue weighted by atomic mass is 35.5. The summed E-state index contributed by atoms with van der Waals surface area (Å²) in [7, 11) is 1.96. The van der Waals surface area contributed by atoms with Crippen LogP contribution in [0.2, 0.25) is 5.02 Å². The Kier molecular flexibility index (Phi) is 5.81. The molecule has 0 bridgehead atoms. The van der Waals surface area contributed by atoms with Gasteiger partial charge in [-0.05, 0) is 44.5 Å². The molecule has 0 saturated carbocycles. The molecule has 0 heterocycles. The van der Waals surface area contributed by atoms with Gasteiger partial charge in [0.2, 0.25) is 0 Å². The van der Waals surface area contributed by atoms with Crippen LogP contribution >= 0.6 is 11.6 Å². The van der Waals surface area contributed by atoms with Gasteiger partial charge < -0.3 is 10.1 Å². The molecule has 90 valence electrons. The van der Waals surface area contributed by atoms with Gasteiger partial charge in [0.05, 0.1) is 0 Å². The zero-order valence-electron chi connectivity index (χ0n) is 10.2. The van der Waals surface area contributed by atoms with Crippen LogP contribution in [0, 0.1) is 6.92 Å². The van der Waals surface area contributed by atoms with E-state index in [1.54, 1.807) is 0 Å². The van der Waals surface area contributed by atoms with Gasteiger partial charge in [-0.1, -0.05) is 23.7 Å². The van der Waals surface area contributed by atoms with E-state index in [0.29, 0.717) is 6.04 Å². The van der Waals surface area contributed by atoms with Gasteiger partial charge in [-0.3, -0.25) is 0 Å². The van der Waals surface area contributed by atoms with Crippen molar-refractivity contribution in [3.05, 3.63) is 34.3 Å². The Morgan fingerprint density at radius 2 is 2.19 bits per heavy atom. The molecule has 1 unspecified atom stereocenters. The number of aryl methyl sites for hydroxylation is 1. The van der Waals surface area contributed by atoms with Gasteiger partial charge in [-0.25, -0.2) is 0 Å². The van der Waals surface area contributed by atoms with E-state index in [0.717, 1.165) is 30.2 Å². The van der Waals surface area contributed by atoms with Gasteiger partial charge in [-0.2, -0.15) is 0 Å². The maximum atomic E-state index is 6.12. The molecule has 2 nitrogen and oxygen atoms in total. The third kappa shape index (κ3) is 3.78. The lowest BCUT2D eigenvalue weighted by Crippen LogP contribution is -2.18. The first-order valence-electron chi connectivity index (χ1n) is 5.70. The Bertz CT molecular complexity index is 328. The van der Waals surface area contributed by atoms with Crippen LogP contribution in [0.15, 0.2) is 18.2 Å². The van der Waals surface area contributed by atoms with Crippen LogP contribution in [0.3, 0.4) is 0 Å². The topological polar surface area (TPSA) is 21.3 Å². The normalized spacial score (nSPS) is 12.8. The number of halogens is 1. The Balaban J connectivity index is 2.67. The second kappa shape index (κ2) is 6.89. The molecule has 1 atom stereocenters. The summed E-state index contributed by atoms with van der Waals surface area (Å²) in [5.74, 6) is 0. The van der Waals surface area contributed by atoms with Gasteiger partial charge in [0.15, 0.2) is 0 Å². The van der Waals surface area contributed by atoms with E-state index < -0.39 is 0 Å². The third-order valence-corrected chi connectivity index (χ3v) is 3.11. The molecule has 0 aliphatic carbocycles. The number of hydrogen-bond donors (Lipinski definition) is 1. The third-order valence-electron chi connectivity index (χ3n) is 2.70. The molecule has 1 rings (SSSR count). The van der Waals surface area contributed by atoms with E-state index in [2.05, 4.69) is 17.4 Å². The highest BCUT2D eigenvalue weighted by Gasteiger charge is 2.09. The molecule has 1 aromatic rings. The molecule has 1 N–H and O–H groups in total. The summed E-state index contributed by atoms with van der Waals surface area (Å²) in [4.78, 5) is 0. The minimum atomic E-state index is 0.310. The van der Waals surface area contributed by atoms with Crippen molar-refractivity contribution in [2.24, 2.45) is 0 Å². The number of benzene rings is 1. The molecule has 0 saturated heterocycles. The average Bonchev–Trinajstić information content (AvgIpc) is 2.29. The summed E-state index contributed by atoms with van der Waals surface area (Å²) in [6.07, 6.45) is 0.962. The molecular formula is C13H20ClNO. The largest absolute Gasteiger partial charge is 0.382 e. The van der Waals surface area contributed by atoms with Gasteiger partial charge in [0.1, 0.15) is 0 Å². The van der Waals surface area contributed by atoms with E-state index in [9.17, 15) is 0 Å². The second-order valence-corrected chi connectivity index (χ2v) is 4.24. The van der Waals surface area contributed by atoms with Crippen molar-refractivity contribution in [3.8, 4) is 0 Å². The molecule has 0 amide bonds. The van der Waals surface area contributed by atoms with Crippen LogP contribution in [-0.4, -0.2) is 20.3 Å². The zero-order valence-corrected chi connectivity index (χ0v) is 11.0. The summed E-state index contributed by atoms with van der Waals surface area (Å²) in [5, 5.41) is 4.11. The van der Waals surface area contributed by atoms with Crippen molar-refractivity contribution in [1.82, 2.24) is 5.32 Å². The molecule has 0 spiro atoms. The fourth-order valence-electron chi connectivity index (χ4n) is 1.65. The van der Waals surface area contributed by atoms with Crippen LogP contribution in [0.5, 0.6) is 0 Å². The van der Waals surface area contributed by atoms with Crippen molar-refractivity contribution in [2.45, 2.75) is 26.3 Å². The fraction of sp³-hybridized carbons (Fsp3) is 0.538. The lowest BCUT2D eigenvalue weighted by Gasteiger charge is -2.17. The maximum Gasteiger partial charge on any atom is 0.0484 e. The molecule has 0 fully saturated rings. The standard InChI is InChI=1S/C13H20ClNO/c1-4-16-8-7-13(15-3)11-6-5-10(2)12(14)9-11/h5-6,9,13,15H,4,7-8H2,1-3H3. The average molecular weight is 242 g/mol. The van der Waals surface area contributed by atoms with Gasteiger partial charge in [0.25, 0.3) is 0 Å². The van der Waals surface area contributed by atoms with Crippen LogP contribution in [0.4, 0.5) is 0 Å². The summed E-state index contributed by atoms with van der Waals surface area (Å²) >= 11 is 6.12. The van der Waals surface area contributed by atoms with Crippen LogP contribution < -0.4 is 5.32 Å². The van der Waals surface area contributed by atoms with Crippen molar-refractivity contribution < 1.29 is 4.74 Å². The highest BCUT2D eigenvalue weighted by Crippen LogP contribution is 2.23. The monoisotopic (exact) mass is 241 g/mol. The predicted molar refractivity (Wildman–Crippen MR) is 69.1 cm³/mol. The molecule has 16 heavy (non-hydrogen) atoms. The van der Waals surface area contributed by atoms with E-state index in [1.807, 2.05) is 27.0 Å². The predicted octanol–water partition coefficient (Wildman–Crippen LogP) is 3.34. The van der Waals surface area contributed by atoms with Gasteiger partial charge >= 0.3 is 0 Å². The molecule has 1 aromatic carbocycles. The molecule has 0 aliphatic heterocycles. The van der Waals surface area contributed by atoms with E-state index in [4.69, 9.17) is 16.3 Å². The minimum absolute atomic E-state index is 0.310. The lowest BCUT2D eigenvalue weighted by atomic mass is 10.0. The molecule has 3 heteroatoms. The van der Waals surface area contributed by atoms with E-state index >= 15 is 0 Å². The minimum Gasteiger partial charge on any atom is -0.382 e. The van der Waals surface area contributed by atoms with Crippen molar-refractivity contribution in [3.63, 3.8) is 0 Å².